The van der Waals surface area contributed by atoms with Crippen molar-refractivity contribution in [3.63, 3.8) is 0 Å². The second-order valence-electron chi connectivity index (χ2n) is 16.8. The number of rotatable bonds is 16. The highest BCUT2D eigenvalue weighted by atomic mass is 16.5. The van der Waals surface area contributed by atoms with Crippen LogP contribution in [0.25, 0.3) is 12.2 Å². The van der Waals surface area contributed by atoms with Crippen molar-refractivity contribution in [1.29, 1.82) is 0 Å². The number of para-hydroxylation sites is 2. The lowest BCUT2D eigenvalue weighted by Gasteiger charge is -2.43. The van der Waals surface area contributed by atoms with Crippen molar-refractivity contribution < 1.29 is 14.2 Å². The van der Waals surface area contributed by atoms with Gasteiger partial charge in [-0.05, 0) is 122 Å². The van der Waals surface area contributed by atoms with E-state index in [1.165, 1.54) is 33.4 Å². The molecule has 0 saturated heterocycles. The van der Waals surface area contributed by atoms with Crippen LogP contribution in [-0.2, 0) is 28.4 Å². The molecule has 2 atom stereocenters. The Labute approximate surface area is 341 Å². The van der Waals surface area contributed by atoms with Gasteiger partial charge in [0, 0.05) is 10.8 Å². The third-order valence-electron chi connectivity index (χ3n) is 10.8. The lowest BCUT2D eigenvalue weighted by atomic mass is 9.74. The van der Waals surface area contributed by atoms with Gasteiger partial charge in [-0.1, -0.05) is 160 Å². The summed E-state index contributed by atoms with van der Waals surface area (Å²) in [6.45, 7) is 17.8. The van der Waals surface area contributed by atoms with Crippen molar-refractivity contribution in [2.45, 2.75) is 91.3 Å². The Morgan fingerprint density at radius 1 is 0.439 bits per heavy atom. The second kappa shape index (κ2) is 18.5. The number of allylic oxidation sites excluding steroid dienone is 2. The van der Waals surface area contributed by atoms with E-state index >= 15 is 0 Å². The van der Waals surface area contributed by atoms with Gasteiger partial charge in [0.05, 0.1) is 12.2 Å². The first kappa shape index (κ1) is 41.0. The quantitative estimate of drug-likeness (QED) is 0.0985. The molecule has 0 radical (unpaired) electrons. The van der Waals surface area contributed by atoms with Crippen LogP contribution < -0.4 is 9.47 Å². The van der Waals surface area contributed by atoms with Gasteiger partial charge >= 0.3 is 0 Å². The van der Waals surface area contributed by atoms with Gasteiger partial charge in [-0.2, -0.15) is 0 Å². The van der Waals surface area contributed by atoms with Crippen LogP contribution in [0.2, 0.25) is 0 Å². The highest BCUT2D eigenvalue weighted by molar-refractivity contribution is 5.54. The molecule has 0 amide bonds. The topological polar surface area (TPSA) is 27.7 Å². The minimum atomic E-state index is -0.361. The van der Waals surface area contributed by atoms with Crippen molar-refractivity contribution in [3.05, 3.63) is 202 Å². The van der Waals surface area contributed by atoms with Crippen LogP contribution in [0.5, 0.6) is 23.0 Å². The van der Waals surface area contributed by atoms with E-state index in [2.05, 4.69) is 152 Å². The van der Waals surface area contributed by atoms with Gasteiger partial charge in [-0.3, -0.25) is 0 Å². The van der Waals surface area contributed by atoms with E-state index in [0.717, 1.165) is 34.1 Å². The van der Waals surface area contributed by atoms with E-state index in [1.807, 2.05) is 72.8 Å². The van der Waals surface area contributed by atoms with E-state index in [0.29, 0.717) is 12.8 Å². The fourth-order valence-corrected chi connectivity index (χ4v) is 7.35. The van der Waals surface area contributed by atoms with Gasteiger partial charge in [-0.25, -0.2) is 0 Å². The fourth-order valence-electron chi connectivity index (χ4n) is 7.35. The van der Waals surface area contributed by atoms with Crippen molar-refractivity contribution >= 4 is 12.2 Å². The normalized spacial score (nSPS) is 12.6. The molecule has 0 fully saturated rings. The predicted molar refractivity (Wildman–Crippen MR) is 240 cm³/mol. The minimum Gasteiger partial charge on any atom is -0.457 e. The first-order valence-corrected chi connectivity index (χ1v) is 20.2. The van der Waals surface area contributed by atoms with Crippen molar-refractivity contribution in [2.24, 2.45) is 0 Å². The van der Waals surface area contributed by atoms with Crippen molar-refractivity contribution in [1.82, 2.24) is 0 Å². The molecule has 0 bridgehead atoms. The molecule has 3 nitrogen and oxygen atoms in total. The highest BCUT2D eigenvalue weighted by Gasteiger charge is 2.40. The maximum absolute atomic E-state index is 7.70. The monoisotopic (exact) mass is 754 g/mol. The first-order valence-electron chi connectivity index (χ1n) is 20.2. The number of hydrogen-bond donors (Lipinski definition) is 0. The molecule has 0 saturated carbocycles. The highest BCUT2D eigenvalue weighted by Crippen LogP contribution is 2.39. The van der Waals surface area contributed by atoms with E-state index in [1.54, 1.807) is 0 Å². The zero-order valence-corrected chi connectivity index (χ0v) is 35.0. The van der Waals surface area contributed by atoms with Gasteiger partial charge in [0.2, 0.25) is 0 Å². The Bertz CT molecular complexity index is 2070. The number of ether oxygens (including phenoxy) is 3. The molecule has 3 heteroatoms. The molecule has 0 aromatic heterocycles. The van der Waals surface area contributed by atoms with Crippen molar-refractivity contribution in [2.75, 3.05) is 0 Å². The average molecular weight is 755 g/mol. The summed E-state index contributed by atoms with van der Waals surface area (Å²) in [4.78, 5) is 0. The van der Waals surface area contributed by atoms with Crippen LogP contribution >= 0.6 is 0 Å². The molecular formula is C54H58O3. The summed E-state index contributed by atoms with van der Waals surface area (Å²) in [7, 11) is 0. The summed E-state index contributed by atoms with van der Waals surface area (Å²) in [5, 5.41) is 0. The predicted octanol–water partition coefficient (Wildman–Crippen LogP) is 14.6. The Morgan fingerprint density at radius 2 is 0.789 bits per heavy atom. The number of benzene rings is 6. The van der Waals surface area contributed by atoms with Gasteiger partial charge < -0.3 is 14.2 Å². The van der Waals surface area contributed by atoms with Crippen LogP contribution in [0, 0.1) is 0 Å². The second-order valence-corrected chi connectivity index (χ2v) is 16.8. The molecule has 0 N–H and O–H groups in total. The van der Waals surface area contributed by atoms with Gasteiger partial charge in [0.25, 0.3) is 0 Å². The molecule has 0 aliphatic heterocycles. The van der Waals surface area contributed by atoms with E-state index in [9.17, 15) is 0 Å². The molecular weight excluding hydrogens is 697 g/mol. The number of hydrogen-bond acceptors (Lipinski definition) is 3. The zero-order chi connectivity index (χ0) is 40.4. The maximum atomic E-state index is 7.70. The van der Waals surface area contributed by atoms with Crippen LogP contribution in [0.1, 0.15) is 88.8 Å². The average Bonchev–Trinajstić information content (AvgIpc) is 3.18. The molecule has 2 unspecified atom stereocenters. The maximum Gasteiger partial charge on any atom is 0.127 e. The molecule has 6 aromatic rings. The Balaban J connectivity index is 1.40. The molecule has 0 heterocycles. The fraction of sp³-hybridized carbons (Fsp3) is 0.259. The molecule has 0 spiro atoms. The minimum absolute atomic E-state index is 0.197. The van der Waals surface area contributed by atoms with Gasteiger partial charge in [-0.15, -0.1) is 0 Å². The smallest absolute Gasteiger partial charge is 0.127 e. The van der Waals surface area contributed by atoms with E-state index < -0.39 is 0 Å². The molecule has 292 valence electrons. The van der Waals surface area contributed by atoms with Crippen LogP contribution in [0.15, 0.2) is 169 Å². The van der Waals surface area contributed by atoms with Crippen LogP contribution in [0.4, 0.5) is 0 Å². The Hall–Kier alpha value is -5.64. The molecule has 6 rings (SSSR count). The van der Waals surface area contributed by atoms with Gasteiger partial charge in [0.1, 0.15) is 23.0 Å². The molecule has 0 aliphatic carbocycles. The van der Waals surface area contributed by atoms with Crippen LogP contribution in [0.3, 0.4) is 0 Å². The van der Waals surface area contributed by atoms with Gasteiger partial charge in [0.15, 0.2) is 0 Å². The summed E-state index contributed by atoms with van der Waals surface area (Å²) in [6.07, 6.45) is 5.43. The third-order valence-corrected chi connectivity index (χ3v) is 10.8. The summed E-state index contributed by atoms with van der Waals surface area (Å²) in [5.41, 5.74) is 9.01. The summed E-state index contributed by atoms with van der Waals surface area (Å²) < 4.78 is 20.3. The largest absolute Gasteiger partial charge is 0.457 e. The molecule has 57 heavy (non-hydrogen) atoms. The lowest BCUT2D eigenvalue weighted by molar-refractivity contribution is -0.0753. The lowest BCUT2D eigenvalue weighted by Crippen LogP contribution is -2.46. The zero-order valence-electron chi connectivity index (χ0n) is 35.0. The SMILES string of the molecule is CC(C)=Cc1ccc(C(C)(C)C(Cc2cccc(Oc3ccccc3)c2)OC(Cc2cccc(Oc3ccccc3)c2)C(C)(C)c2ccc(C=C(C)C)cc2)cc1. The van der Waals surface area contributed by atoms with Crippen molar-refractivity contribution in [3.8, 4) is 23.0 Å². The molecule has 6 aromatic carbocycles. The summed E-state index contributed by atoms with van der Waals surface area (Å²) in [5.74, 6) is 3.25. The van der Waals surface area contributed by atoms with Crippen LogP contribution in [-0.4, -0.2) is 12.2 Å². The Kier molecular flexibility index (Phi) is 13.3. The van der Waals surface area contributed by atoms with E-state index in [-0.39, 0.29) is 23.0 Å². The standard InChI is InChI=1S/C54H58O3/c1-39(2)33-41-25-29-45(30-26-41)53(5,6)51(37-43-17-15-23-49(35-43)55-47-19-11-9-12-20-47)57-52(54(7,8)46-31-27-42(28-32-46)34-40(3)4)38-44-18-16-24-50(36-44)56-48-21-13-10-14-22-48/h9-36,51-52H,37-38H2,1-8H3. The summed E-state index contributed by atoms with van der Waals surface area (Å²) >= 11 is 0. The third kappa shape index (κ3) is 11.2. The first-order chi connectivity index (χ1) is 27.3. The molecule has 0 aliphatic rings. The summed E-state index contributed by atoms with van der Waals surface area (Å²) in [6, 6.07) is 54.8. The van der Waals surface area contributed by atoms with E-state index in [4.69, 9.17) is 14.2 Å². The Morgan fingerprint density at radius 3 is 1.14 bits per heavy atom.